The van der Waals surface area contributed by atoms with E-state index in [-0.39, 0.29) is 6.09 Å². The molecular formula is C14H29NO2. The van der Waals surface area contributed by atoms with Crippen molar-refractivity contribution in [1.82, 2.24) is 4.90 Å². The minimum absolute atomic E-state index is 0.135. The lowest BCUT2D eigenvalue weighted by atomic mass is 10.2. The van der Waals surface area contributed by atoms with Crippen LogP contribution >= 0.6 is 0 Å². The molecule has 17 heavy (non-hydrogen) atoms. The van der Waals surface area contributed by atoms with E-state index in [9.17, 15) is 4.79 Å². The van der Waals surface area contributed by atoms with Gasteiger partial charge in [0, 0.05) is 13.1 Å². The number of unbranched alkanes of at least 4 members (excludes halogenated alkanes) is 4. The molecule has 0 aliphatic carbocycles. The van der Waals surface area contributed by atoms with E-state index in [2.05, 4.69) is 20.8 Å². The molecule has 0 radical (unpaired) electrons. The maximum atomic E-state index is 11.7. The zero-order valence-corrected chi connectivity index (χ0v) is 11.8. The van der Waals surface area contributed by atoms with Crippen molar-refractivity contribution < 1.29 is 9.53 Å². The maximum absolute atomic E-state index is 11.7. The molecule has 0 bridgehead atoms. The Kier molecular flexibility index (Phi) is 11.2. The van der Waals surface area contributed by atoms with Gasteiger partial charge in [-0.2, -0.15) is 0 Å². The van der Waals surface area contributed by atoms with Crippen LogP contribution in [0.1, 0.15) is 65.7 Å². The Morgan fingerprint density at radius 3 is 2.00 bits per heavy atom. The molecule has 0 aromatic carbocycles. The first-order valence-electron chi connectivity index (χ1n) is 7.17. The fraction of sp³-hybridized carbons (Fsp3) is 0.929. The lowest BCUT2D eigenvalue weighted by Gasteiger charge is -2.20. The minimum atomic E-state index is -0.135. The van der Waals surface area contributed by atoms with Gasteiger partial charge < -0.3 is 9.64 Å². The number of hydrogen-bond acceptors (Lipinski definition) is 2. The van der Waals surface area contributed by atoms with Crippen LogP contribution in [0.3, 0.4) is 0 Å². The van der Waals surface area contributed by atoms with Crippen molar-refractivity contribution in [1.29, 1.82) is 0 Å². The predicted molar refractivity (Wildman–Crippen MR) is 72.3 cm³/mol. The first-order chi connectivity index (χ1) is 8.26. The van der Waals surface area contributed by atoms with Gasteiger partial charge in [-0.05, 0) is 19.3 Å². The highest BCUT2D eigenvalue weighted by Gasteiger charge is 2.12. The molecule has 102 valence electrons. The average molecular weight is 243 g/mol. The van der Waals surface area contributed by atoms with Gasteiger partial charge in [-0.3, -0.25) is 0 Å². The number of nitrogens with zero attached hydrogens (tertiary/aromatic N) is 1. The summed E-state index contributed by atoms with van der Waals surface area (Å²) in [7, 11) is 0. The van der Waals surface area contributed by atoms with E-state index in [0.29, 0.717) is 6.61 Å². The summed E-state index contributed by atoms with van der Waals surface area (Å²) < 4.78 is 5.28. The molecule has 0 aromatic rings. The SMILES string of the molecule is CCCCCCCOC(=O)N(CCC)CCC. The van der Waals surface area contributed by atoms with E-state index in [1.165, 1.54) is 25.7 Å². The van der Waals surface area contributed by atoms with E-state index in [1.54, 1.807) is 0 Å². The van der Waals surface area contributed by atoms with E-state index in [1.807, 2.05) is 4.90 Å². The molecule has 0 unspecified atom stereocenters. The van der Waals surface area contributed by atoms with Crippen LogP contribution in [0.15, 0.2) is 0 Å². The highest BCUT2D eigenvalue weighted by atomic mass is 16.6. The van der Waals surface area contributed by atoms with Crippen LogP contribution in [-0.4, -0.2) is 30.7 Å². The lowest BCUT2D eigenvalue weighted by Crippen LogP contribution is -2.33. The van der Waals surface area contributed by atoms with Gasteiger partial charge in [-0.15, -0.1) is 0 Å². The zero-order valence-electron chi connectivity index (χ0n) is 11.8. The van der Waals surface area contributed by atoms with Crippen LogP contribution in [0.2, 0.25) is 0 Å². The molecule has 1 amide bonds. The third-order valence-electron chi connectivity index (χ3n) is 2.72. The van der Waals surface area contributed by atoms with Gasteiger partial charge in [0.1, 0.15) is 0 Å². The fourth-order valence-electron chi connectivity index (χ4n) is 1.79. The molecule has 0 heterocycles. The molecule has 0 saturated carbocycles. The molecule has 0 N–H and O–H groups in total. The van der Waals surface area contributed by atoms with Gasteiger partial charge in [-0.1, -0.05) is 46.5 Å². The van der Waals surface area contributed by atoms with Crippen LogP contribution < -0.4 is 0 Å². The van der Waals surface area contributed by atoms with Crippen molar-refractivity contribution in [2.75, 3.05) is 19.7 Å². The summed E-state index contributed by atoms with van der Waals surface area (Å²) in [5.74, 6) is 0. The molecule has 3 heteroatoms. The summed E-state index contributed by atoms with van der Waals surface area (Å²) >= 11 is 0. The summed E-state index contributed by atoms with van der Waals surface area (Å²) in [6.07, 6.45) is 7.80. The lowest BCUT2D eigenvalue weighted by molar-refractivity contribution is 0.100. The Hall–Kier alpha value is -0.730. The molecule has 0 fully saturated rings. The van der Waals surface area contributed by atoms with Gasteiger partial charge in [0.05, 0.1) is 6.61 Å². The van der Waals surface area contributed by atoms with Crippen molar-refractivity contribution in [3.63, 3.8) is 0 Å². The fourth-order valence-corrected chi connectivity index (χ4v) is 1.79. The maximum Gasteiger partial charge on any atom is 0.409 e. The summed E-state index contributed by atoms with van der Waals surface area (Å²) in [5.41, 5.74) is 0. The monoisotopic (exact) mass is 243 g/mol. The van der Waals surface area contributed by atoms with Crippen molar-refractivity contribution >= 4 is 6.09 Å². The van der Waals surface area contributed by atoms with Gasteiger partial charge in [-0.25, -0.2) is 4.79 Å². The Bertz CT molecular complexity index is 177. The topological polar surface area (TPSA) is 29.5 Å². The first kappa shape index (κ1) is 16.3. The number of ether oxygens (including phenoxy) is 1. The number of amides is 1. The summed E-state index contributed by atoms with van der Waals surface area (Å²) in [6.45, 7) is 8.56. The van der Waals surface area contributed by atoms with Gasteiger partial charge in [0.25, 0.3) is 0 Å². The highest BCUT2D eigenvalue weighted by molar-refractivity contribution is 5.67. The van der Waals surface area contributed by atoms with Crippen LogP contribution in [0.4, 0.5) is 4.79 Å². The standard InChI is InChI=1S/C14H29NO2/c1-4-7-8-9-10-13-17-14(16)15(11-5-2)12-6-3/h4-13H2,1-3H3. The molecular weight excluding hydrogens is 214 g/mol. The third-order valence-corrected chi connectivity index (χ3v) is 2.72. The molecule has 0 spiro atoms. The number of hydrogen-bond donors (Lipinski definition) is 0. The smallest absolute Gasteiger partial charge is 0.409 e. The van der Waals surface area contributed by atoms with E-state index in [4.69, 9.17) is 4.74 Å². The van der Waals surface area contributed by atoms with Crippen LogP contribution in [-0.2, 0) is 4.74 Å². The van der Waals surface area contributed by atoms with Crippen molar-refractivity contribution in [3.8, 4) is 0 Å². The largest absolute Gasteiger partial charge is 0.449 e. The average Bonchev–Trinajstić information content (AvgIpc) is 2.33. The van der Waals surface area contributed by atoms with Crippen LogP contribution in [0.5, 0.6) is 0 Å². The van der Waals surface area contributed by atoms with E-state index < -0.39 is 0 Å². The Morgan fingerprint density at radius 2 is 1.47 bits per heavy atom. The molecule has 0 saturated heterocycles. The molecule has 0 rings (SSSR count). The second-order valence-electron chi connectivity index (χ2n) is 4.52. The predicted octanol–water partition coefficient (Wildman–Crippen LogP) is 4.22. The number of carbonyl (C=O) groups excluding carboxylic acids is 1. The highest BCUT2D eigenvalue weighted by Crippen LogP contribution is 2.04. The second-order valence-corrected chi connectivity index (χ2v) is 4.52. The van der Waals surface area contributed by atoms with Crippen molar-refractivity contribution in [3.05, 3.63) is 0 Å². The van der Waals surface area contributed by atoms with Gasteiger partial charge in [0.15, 0.2) is 0 Å². The van der Waals surface area contributed by atoms with Crippen molar-refractivity contribution in [2.24, 2.45) is 0 Å². The Balaban J connectivity index is 3.59. The van der Waals surface area contributed by atoms with Crippen molar-refractivity contribution in [2.45, 2.75) is 65.7 Å². The summed E-state index contributed by atoms with van der Waals surface area (Å²) in [6, 6.07) is 0. The number of rotatable bonds is 10. The van der Waals surface area contributed by atoms with E-state index >= 15 is 0 Å². The number of carbonyl (C=O) groups is 1. The Labute approximate surface area is 107 Å². The van der Waals surface area contributed by atoms with E-state index in [0.717, 1.165) is 32.4 Å². The second kappa shape index (κ2) is 11.7. The first-order valence-corrected chi connectivity index (χ1v) is 7.17. The van der Waals surface area contributed by atoms with Crippen LogP contribution in [0, 0.1) is 0 Å². The molecule has 0 aromatic heterocycles. The van der Waals surface area contributed by atoms with Crippen LogP contribution in [0.25, 0.3) is 0 Å². The minimum Gasteiger partial charge on any atom is -0.449 e. The zero-order chi connectivity index (χ0) is 12.9. The Morgan fingerprint density at radius 1 is 0.882 bits per heavy atom. The normalized spacial score (nSPS) is 10.3. The third kappa shape index (κ3) is 9.02. The quantitative estimate of drug-likeness (QED) is 0.538. The molecule has 3 nitrogen and oxygen atoms in total. The molecule has 0 atom stereocenters. The van der Waals surface area contributed by atoms with Gasteiger partial charge >= 0.3 is 6.09 Å². The summed E-state index contributed by atoms with van der Waals surface area (Å²) in [5, 5.41) is 0. The summed E-state index contributed by atoms with van der Waals surface area (Å²) in [4.78, 5) is 13.5. The molecule has 0 aliphatic rings. The van der Waals surface area contributed by atoms with Gasteiger partial charge in [0.2, 0.25) is 0 Å². The molecule has 0 aliphatic heterocycles.